The number of fused-ring (bicyclic) bond motifs is 1. The summed E-state index contributed by atoms with van der Waals surface area (Å²) < 4.78 is 46.3. The number of hydrogen-bond donors (Lipinski definition) is 1. The van der Waals surface area contributed by atoms with Crippen LogP contribution in [0.2, 0.25) is 0 Å². The molecular formula is C19H20F3NO3. The van der Waals surface area contributed by atoms with Crippen molar-refractivity contribution < 1.29 is 27.8 Å². The second kappa shape index (κ2) is 7.07. The summed E-state index contributed by atoms with van der Waals surface area (Å²) in [6, 6.07) is 9.58. The van der Waals surface area contributed by atoms with Crippen LogP contribution in [0, 0.1) is 0 Å². The highest BCUT2D eigenvalue weighted by atomic mass is 19.4. The Bertz CT molecular complexity index is 792. The highest BCUT2D eigenvalue weighted by Gasteiger charge is 2.31. The number of halogens is 3. The van der Waals surface area contributed by atoms with E-state index in [1.54, 1.807) is 18.2 Å². The van der Waals surface area contributed by atoms with Crippen molar-refractivity contribution in [2.24, 2.45) is 0 Å². The average Bonchev–Trinajstić information content (AvgIpc) is 2.56. The van der Waals surface area contributed by atoms with E-state index in [-0.39, 0.29) is 17.5 Å². The highest BCUT2D eigenvalue weighted by molar-refractivity contribution is 5.48. The predicted molar refractivity (Wildman–Crippen MR) is 90.3 cm³/mol. The molecule has 0 saturated carbocycles. The lowest BCUT2D eigenvalue weighted by Gasteiger charge is -2.35. The molecule has 0 amide bonds. The molecule has 0 radical (unpaired) electrons. The Morgan fingerprint density at radius 3 is 2.69 bits per heavy atom. The molecule has 26 heavy (non-hydrogen) atoms. The molecule has 3 rings (SSSR count). The molecular weight excluding hydrogens is 347 g/mol. The summed E-state index contributed by atoms with van der Waals surface area (Å²) in [7, 11) is 1.51. The summed E-state index contributed by atoms with van der Waals surface area (Å²) in [6.45, 7) is 3.26. The van der Waals surface area contributed by atoms with Gasteiger partial charge in [-0.25, -0.2) is 0 Å². The zero-order valence-corrected chi connectivity index (χ0v) is 14.5. The summed E-state index contributed by atoms with van der Waals surface area (Å²) in [5.41, 5.74) is 2.84. The number of rotatable bonds is 4. The molecule has 4 nitrogen and oxygen atoms in total. The fraction of sp³-hybridized carbons (Fsp3) is 0.368. The van der Waals surface area contributed by atoms with Crippen LogP contribution in [0.5, 0.6) is 17.2 Å². The molecule has 1 aliphatic heterocycles. The minimum absolute atomic E-state index is 0.0164. The van der Waals surface area contributed by atoms with Crippen molar-refractivity contribution in [3.63, 3.8) is 0 Å². The number of benzene rings is 2. The first-order valence-corrected chi connectivity index (χ1v) is 8.25. The fourth-order valence-electron chi connectivity index (χ4n) is 3.34. The number of alkyl halides is 3. The first-order chi connectivity index (χ1) is 12.3. The van der Waals surface area contributed by atoms with Gasteiger partial charge in [0, 0.05) is 19.1 Å². The van der Waals surface area contributed by atoms with Crippen LogP contribution in [0.15, 0.2) is 36.4 Å². The molecule has 1 aliphatic rings. The van der Waals surface area contributed by atoms with Gasteiger partial charge >= 0.3 is 6.36 Å². The van der Waals surface area contributed by atoms with Gasteiger partial charge in [0.15, 0.2) is 11.5 Å². The lowest BCUT2D eigenvalue weighted by molar-refractivity contribution is -0.274. The van der Waals surface area contributed by atoms with E-state index in [9.17, 15) is 18.3 Å². The first-order valence-electron chi connectivity index (χ1n) is 8.25. The highest BCUT2D eigenvalue weighted by Crippen LogP contribution is 2.38. The Hall–Kier alpha value is -2.41. The van der Waals surface area contributed by atoms with Crippen molar-refractivity contribution in [3.8, 4) is 17.2 Å². The number of ether oxygens (including phenoxy) is 2. The topological polar surface area (TPSA) is 41.9 Å². The molecule has 0 aliphatic carbocycles. The number of methoxy groups -OCH3 is 1. The van der Waals surface area contributed by atoms with E-state index in [4.69, 9.17) is 4.74 Å². The van der Waals surface area contributed by atoms with Crippen LogP contribution in [-0.4, -0.2) is 30.0 Å². The van der Waals surface area contributed by atoms with Crippen LogP contribution < -0.4 is 9.47 Å². The van der Waals surface area contributed by atoms with Gasteiger partial charge < -0.3 is 14.6 Å². The Labute approximate surface area is 149 Å². The van der Waals surface area contributed by atoms with Gasteiger partial charge in [-0.05, 0) is 54.3 Å². The van der Waals surface area contributed by atoms with Gasteiger partial charge in [0.05, 0.1) is 7.11 Å². The summed E-state index contributed by atoms with van der Waals surface area (Å²) in [5.74, 6) is 0.310. The van der Waals surface area contributed by atoms with Crippen LogP contribution in [0.3, 0.4) is 0 Å². The van der Waals surface area contributed by atoms with Gasteiger partial charge in [0.1, 0.15) is 5.75 Å². The Morgan fingerprint density at radius 2 is 2.00 bits per heavy atom. The number of phenols is 1. The zero-order valence-electron chi connectivity index (χ0n) is 14.5. The van der Waals surface area contributed by atoms with E-state index in [1.165, 1.54) is 19.2 Å². The van der Waals surface area contributed by atoms with E-state index in [1.807, 2.05) is 13.0 Å². The van der Waals surface area contributed by atoms with Gasteiger partial charge in [-0.15, -0.1) is 13.2 Å². The van der Waals surface area contributed by atoms with Gasteiger partial charge in [0.25, 0.3) is 0 Å². The Balaban J connectivity index is 1.78. The Kier molecular flexibility index (Phi) is 5.00. The molecule has 2 aromatic rings. The average molecular weight is 367 g/mol. The monoisotopic (exact) mass is 367 g/mol. The zero-order chi connectivity index (χ0) is 18.9. The first kappa shape index (κ1) is 18.4. The third-order valence-corrected chi connectivity index (χ3v) is 4.62. The molecule has 7 heteroatoms. The number of hydrogen-bond acceptors (Lipinski definition) is 4. The molecule has 0 bridgehead atoms. The van der Waals surface area contributed by atoms with Crippen LogP contribution in [0.4, 0.5) is 13.2 Å². The second-order valence-corrected chi connectivity index (χ2v) is 6.31. The molecule has 0 spiro atoms. The molecule has 2 aromatic carbocycles. The lowest BCUT2D eigenvalue weighted by Crippen LogP contribution is -2.33. The standard InChI is InChI=1S/C19H20F3NO3/c1-12-16-10-17(24)18(25-2)9-14(16)6-7-23(12)11-13-4-3-5-15(8-13)26-19(20,21)22/h3-5,8-10,12,24H,6-7,11H2,1-2H3. The van der Waals surface area contributed by atoms with Crippen LogP contribution in [-0.2, 0) is 13.0 Å². The van der Waals surface area contributed by atoms with E-state index < -0.39 is 6.36 Å². The van der Waals surface area contributed by atoms with Gasteiger partial charge in [-0.3, -0.25) is 4.90 Å². The van der Waals surface area contributed by atoms with Crippen molar-refractivity contribution in [2.45, 2.75) is 32.3 Å². The van der Waals surface area contributed by atoms with Crippen molar-refractivity contribution >= 4 is 0 Å². The van der Waals surface area contributed by atoms with Crippen molar-refractivity contribution in [3.05, 3.63) is 53.1 Å². The van der Waals surface area contributed by atoms with Gasteiger partial charge in [-0.1, -0.05) is 12.1 Å². The molecule has 0 saturated heterocycles. The minimum atomic E-state index is -4.70. The van der Waals surface area contributed by atoms with Crippen molar-refractivity contribution in [1.82, 2.24) is 4.90 Å². The Morgan fingerprint density at radius 1 is 1.23 bits per heavy atom. The summed E-state index contributed by atoms with van der Waals surface area (Å²) >= 11 is 0. The summed E-state index contributed by atoms with van der Waals surface area (Å²) in [4.78, 5) is 2.15. The van der Waals surface area contributed by atoms with Crippen LogP contribution in [0.25, 0.3) is 0 Å². The minimum Gasteiger partial charge on any atom is -0.504 e. The molecule has 0 aromatic heterocycles. The quantitative estimate of drug-likeness (QED) is 0.869. The molecule has 1 heterocycles. The molecule has 1 atom stereocenters. The lowest BCUT2D eigenvalue weighted by atomic mass is 9.92. The summed E-state index contributed by atoms with van der Waals surface area (Å²) in [5, 5.41) is 10.0. The van der Waals surface area contributed by atoms with Gasteiger partial charge in [-0.2, -0.15) is 0 Å². The third kappa shape index (κ3) is 4.04. The fourth-order valence-corrected chi connectivity index (χ4v) is 3.34. The van der Waals surface area contributed by atoms with Crippen molar-refractivity contribution in [1.29, 1.82) is 0 Å². The maximum absolute atomic E-state index is 12.4. The van der Waals surface area contributed by atoms with Crippen LogP contribution >= 0.6 is 0 Å². The molecule has 1 unspecified atom stereocenters. The van der Waals surface area contributed by atoms with Gasteiger partial charge in [0.2, 0.25) is 0 Å². The van der Waals surface area contributed by atoms with Crippen molar-refractivity contribution in [2.75, 3.05) is 13.7 Å². The maximum atomic E-state index is 12.4. The van der Waals surface area contributed by atoms with E-state index >= 15 is 0 Å². The second-order valence-electron chi connectivity index (χ2n) is 6.31. The molecule has 140 valence electrons. The van der Waals surface area contributed by atoms with E-state index in [2.05, 4.69) is 9.64 Å². The molecule has 1 N–H and O–H groups in total. The normalized spacial score (nSPS) is 17.7. The number of phenolic OH excluding ortho intramolecular Hbond substituents is 1. The van der Waals surface area contributed by atoms with Crippen LogP contribution in [0.1, 0.15) is 29.7 Å². The maximum Gasteiger partial charge on any atom is 0.573 e. The van der Waals surface area contributed by atoms with E-state index in [0.29, 0.717) is 12.3 Å². The summed E-state index contributed by atoms with van der Waals surface area (Å²) in [6.07, 6.45) is -3.93. The number of nitrogens with zero attached hydrogens (tertiary/aromatic N) is 1. The van der Waals surface area contributed by atoms with E-state index in [0.717, 1.165) is 29.7 Å². The largest absolute Gasteiger partial charge is 0.573 e. The SMILES string of the molecule is COc1cc2c(cc1O)C(C)N(Cc1cccc(OC(F)(F)F)c1)CC2. The molecule has 0 fully saturated rings. The third-order valence-electron chi connectivity index (χ3n) is 4.62. The predicted octanol–water partition coefficient (Wildman–Crippen LogP) is 4.42. The smallest absolute Gasteiger partial charge is 0.504 e. The number of aromatic hydroxyl groups is 1.